The summed E-state index contributed by atoms with van der Waals surface area (Å²) in [5, 5.41) is 4.25. The number of benzene rings is 2. The lowest BCUT2D eigenvalue weighted by Crippen LogP contribution is -2.37. The fourth-order valence-electron chi connectivity index (χ4n) is 3.45. The number of halogens is 6. The van der Waals surface area contributed by atoms with Gasteiger partial charge >= 0.3 is 18.0 Å². The smallest absolute Gasteiger partial charge is 0.290 e. The van der Waals surface area contributed by atoms with Crippen molar-refractivity contribution in [2.24, 2.45) is 0 Å². The van der Waals surface area contributed by atoms with E-state index in [1.165, 1.54) is 28.8 Å². The molecule has 0 N–H and O–H groups in total. The minimum Gasteiger partial charge on any atom is -0.290 e. The third-order valence-electron chi connectivity index (χ3n) is 5.07. The Hall–Kier alpha value is -3.08. The van der Waals surface area contributed by atoms with Crippen LogP contribution in [0, 0.1) is 0 Å². The summed E-state index contributed by atoms with van der Waals surface area (Å²) in [6.45, 7) is 1.45. The standard InChI is InChI=1S/C20H16F6N4O/c21-19(22,23)14-3-1-13(2-4-14)11-28-9-10-29-17(12-28)27-30(18(29)31)16-7-5-15(6-8-16)20(24,25)26/h1-8H,9-12H2. The minimum atomic E-state index is -4.48. The van der Waals surface area contributed by atoms with E-state index in [0.717, 1.165) is 28.9 Å². The van der Waals surface area contributed by atoms with E-state index >= 15 is 0 Å². The zero-order chi connectivity index (χ0) is 22.4. The number of fused-ring (bicyclic) bond motifs is 1. The molecule has 4 rings (SSSR count). The summed E-state index contributed by atoms with van der Waals surface area (Å²) < 4.78 is 78.8. The van der Waals surface area contributed by atoms with Crippen molar-refractivity contribution in [3.05, 3.63) is 81.5 Å². The molecule has 0 unspecified atom stereocenters. The lowest BCUT2D eigenvalue weighted by Gasteiger charge is -2.26. The summed E-state index contributed by atoms with van der Waals surface area (Å²) in [5.41, 5.74) is -1.10. The fourth-order valence-corrected chi connectivity index (χ4v) is 3.45. The van der Waals surface area contributed by atoms with E-state index in [4.69, 9.17) is 0 Å². The maximum atomic E-state index is 12.7. The molecule has 3 aromatic rings. The highest BCUT2D eigenvalue weighted by molar-refractivity contribution is 5.34. The Morgan fingerprint density at radius 2 is 1.35 bits per heavy atom. The Bertz CT molecular complexity index is 1130. The fraction of sp³-hybridized carbons (Fsp3) is 0.300. The number of nitrogens with zero attached hydrogens (tertiary/aromatic N) is 4. The van der Waals surface area contributed by atoms with Crippen molar-refractivity contribution in [2.75, 3.05) is 6.54 Å². The van der Waals surface area contributed by atoms with Crippen molar-refractivity contribution >= 4 is 0 Å². The molecule has 2 heterocycles. The predicted molar refractivity (Wildman–Crippen MR) is 98.4 cm³/mol. The summed E-state index contributed by atoms with van der Waals surface area (Å²) in [4.78, 5) is 14.5. The maximum Gasteiger partial charge on any atom is 0.416 e. The second-order valence-electron chi connectivity index (χ2n) is 7.21. The number of rotatable bonds is 3. The molecule has 164 valence electrons. The highest BCUT2D eigenvalue weighted by Crippen LogP contribution is 2.30. The van der Waals surface area contributed by atoms with Gasteiger partial charge < -0.3 is 0 Å². The molecule has 0 radical (unpaired) electrons. The Morgan fingerprint density at radius 3 is 1.90 bits per heavy atom. The van der Waals surface area contributed by atoms with Gasteiger partial charge in [0.15, 0.2) is 0 Å². The number of alkyl halides is 6. The van der Waals surface area contributed by atoms with Gasteiger partial charge in [-0.2, -0.15) is 31.0 Å². The first-order valence-corrected chi connectivity index (χ1v) is 9.27. The Balaban J connectivity index is 1.51. The van der Waals surface area contributed by atoms with Crippen LogP contribution in [0.1, 0.15) is 22.5 Å². The largest absolute Gasteiger partial charge is 0.416 e. The molecular formula is C20H16F6N4O. The lowest BCUT2D eigenvalue weighted by atomic mass is 10.1. The van der Waals surface area contributed by atoms with E-state index in [-0.39, 0.29) is 12.2 Å². The molecule has 0 saturated heterocycles. The van der Waals surface area contributed by atoms with E-state index in [9.17, 15) is 31.1 Å². The zero-order valence-electron chi connectivity index (χ0n) is 15.9. The third-order valence-corrected chi connectivity index (χ3v) is 5.07. The van der Waals surface area contributed by atoms with E-state index in [1.54, 1.807) is 0 Å². The first-order valence-electron chi connectivity index (χ1n) is 9.27. The number of aromatic nitrogens is 3. The molecule has 1 aromatic heterocycles. The molecule has 31 heavy (non-hydrogen) atoms. The van der Waals surface area contributed by atoms with E-state index in [0.29, 0.717) is 31.0 Å². The van der Waals surface area contributed by atoms with Gasteiger partial charge in [0.05, 0.1) is 23.4 Å². The number of hydrogen-bond acceptors (Lipinski definition) is 3. The zero-order valence-corrected chi connectivity index (χ0v) is 15.9. The van der Waals surface area contributed by atoms with Gasteiger partial charge in [0, 0.05) is 19.6 Å². The monoisotopic (exact) mass is 442 g/mol. The molecule has 0 bridgehead atoms. The average molecular weight is 442 g/mol. The average Bonchev–Trinajstić information content (AvgIpc) is 3.03. The molecule has 1 aliphatic rings. The second kappa shape index (κ2) is 7.56. The molecule has 0 saturated carbocycles. The lowest BCUT2D eigenvalue weighted by molar-refractivity contribution is -0.138. The van der Waals surface area contributed by atoms with Crippen molar-refractivity contribution in [3.63, 3.8) is 0 Å². The molecule has 0 spiro atoms. The van der Waals surface area contributed by atoms with Crippen LogP contribution in [0.15, 0.2) is 53.3 Å². The SMILES string of the molecule is O=c1n(-c2ccc(C(F)(F)F)cc2)nc2n1CCN(Cc1ccc(C(F)(F)F)cc1)C2. The topological polar surface area (TPSA) is 43.1 Å². The van der Waals surface area contributed by atoms with Gasteiger partial charge in [0.2, 0.25) is 0 Å². The van der Waals surface area contributed by atoms with Gasteiger partial charge in [-0.05, 0) is 42.0 Å². The summed E-state index contributed by atoms with van der Waals surface area (Å²) in [5.74, 6) is 0.433. The Kier molecular flexibility index (Phi) is 5.16. The van der Waals surface area contributed by atoms with Crippen LogP contribution in [0.3, 0.4) is 0 Å². The van der Waals surface area contributed by atoms with Crippen LogP contribution >= 0.6 is 0 Å². The normalized spacial score (nSPS) is 15.2. The van der Waals surface area contributed by atoms with Gasteiger partial charge in [-0.3, -0.25) is 9.47 Å². The Morgan fingerprint density at radius 1 is 0.806 bits per heavy atom. The highest BCUT2D eigenvalue weighted by Gasteiger charge is 2.31. The van der Waals surface area contributed by atoms with Gasteiger partial charge in [0.25, 0.3) is 0 Å². The van der Waals surface area contributed by atoms with Crippen molar-refractivity contribution in [2.45, 2.75) is 32.0 Å². The van der Waals surface area contributed by atoms with Crippen LogP contribution in [0.5, 0.6) is 0 Å². The van der Waals surface area contributed by atoms with Crippen molar-refractivity contribution in [1.29, 1.82) is 0 Å². The molecule has 2 aromatic carbocycles. The van der Waals surface area contributed by atoms with Crippen LogP contribution in [0.4, 0.5) is 26.3 Å². The van der Waals surface area contributed by atoms with E-state index < -0.39 is 29.2 Å². The van der Waals surface area contributed by atoms with Crippen LogP contribution in [0.2, 0.25) is 0 Å². The van der Waals surface area contributed by atoms with Gasteiger partial charge in [0.1, 0.15) is 5.82 Å². The molecule has 1 aliphatic heterocycles. The molecule has 0 aliphatic carbocycles. The van der Waals surface area contributed by atoms with Crippen LogP contribution < -0.4 is 5.69 Å². The highest BCUT2D eigenvalue weighted by atomic mass is 19.4. The van der Waals surface area contributed by atoms with Crippen LogP contribution in [-0.2, 0) is 32.0 Å². The van der Waals surface area contributed by atoms with Crippen LogP contribution in [-0.4, -0.2) is 25.8 Å². The molecular weight excluding hydrogens is 426 g/mol. The number of hydrogen-bond donors (Lipinski definition) is 0. The third kappa shape index (κ3) is 4.36. The van der Waals surface area contributed by atoms with E-state index in [2.05, 4.69) is 5.10 Å². The van der Waals surface area contributed by atoms with E-state index in [1.807, 2.05) is 4.90 Å². The van der Waals surface area contributed by atoms with Crippen molar-refractivity contribution in [3.8, 4) is 5.69 Å². The predicted octanol–water partition coefficient (Wildman–Crippen LogP) is 4.09. The summed E-state index contributed by atoms with van der Waals surface area (Å²) in [6.07, 6.45) is -8.87. The summed E-state index contributed by atoms with van der Waals surface area (Å²) in [6, 6.07) is 9.00. The first-order chi connectivity index (χ1) is 14.5. The van der Waals surface area contributed by atoms with Crippen molar-refractivity contribution in [1.82, 2.24) is 19.2 Å². The Labute approximate surface area is 172 Å². The first kappa shape index (κ1) is 21.2. The van der Waals surface area contributed by atoms with Gasteiger partial charge in [-0.15, -0.1) is 5.10 Å². The second-order valence-corrected chi connectivity index (χ2v) is 7.21. The van der Waals surface area contributed by atoms with Gasteiger partial charge in [-0.25, -0.2) is 4.79 Å². The van der Waals surface area contributed by atoms with Gasteiger partial charge in [-0.1, -0.05) is 12.1 Å². The summed E-state index contributed by atoms with van der Waals surface area (Å²) >= 11 is 0. The molecule has 0 amide bonds. The molecule has 11 heteroatoms. The van der Waals surface area contributed by atoms with Crippen LogP contribution in [0.25, 0.3) is 5.69 Å². The quantitative estimate of drug-likeness (QED) is 0.574. The molecule has 5 nitrogen and oxygen atoms in total. The molecule has 0 atom stereocenters. The minimum absolute atomic E-state index is 0.217. The summed E-state index contributed by atoms with van der Waals surface area (Å²) in [7, 11) is 0. The molecule has 0 fully saturated rings. The maximum absolute atomic E-state index is 12.7. The van der Waals surface area contributed by atoms with Crippen molar-refractivity contribution < 1.29 is 26.3 Å².